The summed E-state index contributed by atoms with van der Waals surface area (Å²) in [6.45, 7) is 0. The van der Waals surface area contributed by atoms with E-state index in [2.05, 4.69) is 15.0 Å². The highest BCUT2D eigenvalue weighted by Gasteiger charge is 2.39. The predicted molar refractivity (Wildman–Crippen MR) is 316 cm³/mol. The van der Waals surface area contributed by atoms with Crippen molar-refractivity contribution in [3.8, 4) is 39.5 Å². The average Bonchev–Trinajstić information content (AvgIpc) is 4.28. The molecule has 16 nitrogen and oxygen atoms in total. The summed E-state index contributed by atoms with van der Waals surface area (Å²) in [4.78, 5) is 90.9. The zero-order valence-corrected chi connectivity index (χ0v) is 48.6. The van der Waals surface area contributed by atoms with Gasteiger partial charge in [-0.25, -0.2) is 15.0 Å². The Morgan fingerprint density at radius 2 is 0.963 bits per heavy atom. The number of carbonyl (C=O) groups is 6. The minimum atomic E-state index is -1.02. The fraction of sp³-hybridized carbons (Fsp3) is 0.293. The third-order valence-electron chi connectivity index (χ3n) is 13.7. The second kappa shape index (κ2) is 28.4. The Hall–Kier alpha value is -7.00. The van der Waals surface area contributed by atoms with Gasteiger partial charge in [0.25, 0.3) is 0 Å². The van der Waals surface area contributed by atoms with Crippen molar-refractivity contribution < 1.29 is 48.8 Å². The molecule has 5 atom stereocenters. The molecule has 1 unspecified atom stereocenters. The van der Waals surface area contributed by atoms with Crippen LogP contribution in [0.4, 0.5) is 15.4 Å². The number of carboxylic acids is 3. The molecule has 3 heterocycles. The Morgan fingerprint density at radius 3 is 1.38 bits per heavy atom. The number of carboxylic acid groups (broad SMARTS) is 3. The van der Waals surface area contributed by atoms with Crippen LogP contribution in [0.2, 0.25) is 15.1 Å². The monoisotopic (exact) mass is 1200 g/mol. The van der Waals surface area contributed by atoms with E-state index in [-0.39, 0.29) is 24.1 Å². The van der Waals surface area contributed by atoms with Gasteiger partial charge in [0.15, 0.2) is 15.4 Å². The van der Waals surface area contributed by atoms with Crippen LogP contribution in [-0.4, -0.2) is 94.2 Å². The highest BCUT2D eigenvalue weighted by Crippen LogP contribution is 2.38. The lowest BCUT2D eigenvalue weighted by Gasteiger charge is -2.30. The van der Waals surface area contributed by atoms with Gasteiger partial charge in [-0.05, 0) is 68.0 Å². The molecule has 7 aromatic rings. The minimum absolute atomic E-state index is 0.174. The zero-order valence-electron chi connectivity index (χ0n) is 43.9. The molecule has 3 N–H and O–H groups in total. The molecule has 4 aromatic carbocycles. The fourth-order valence-electron chi connectivity index (χ4n) is 9.27. The van der Waals surface area contributed by atoms with Crippen LogP contribution in [0, 0.1) is 29.6 Å². The number of halogens is 3. The summed E-state index contributed by atoms with van der Waals surface area (Å²) in [6, 6.07) is 29.4. The Balaban J connectivity index is 0.000000174. The van der Waals surface area contributed by atoms with Crippen molar-refractivity contribution in [3.63, 3.8) is 0 Å². The number of thiazole rings is 3. The third-order valence-corrected chi connectivity index (χ3v) is 17.4. The minimum Gasteiger partial charge on any atom is -0.497 e. The summed E-state index contributed by atoms with van der Waals surface area (Å²) in [5, 5.41) is 36.9. The molecular formula is C58H57Cl3N6O10S3. The molecule has 0 saturated heterocycles. The van der Waals surface area contributed by atoms with Gasteiger partial charge < -0.3 is 20.1 Å². The van der Waals surface area contributed by atoms with E-state index in [1.54, 1.807) is 58.6 Å². The zero-order chi connectivity index (χ0) is 57.6. The first-order valence-electron chi connectivity index (χ1n) is 25.3. The number of nitrogens with zero attached hydrogens (tertiary/aromatic N) is 6. The number of anilines is 3. The molecule has 2 aliphatic carbocycles. The number of allylic oxidation sites excluding steroid dienone is 2. The summed E-state index contributed by atoms with van der Waals surface area (Å²) in [5.41, 5.74) is 5.34. The first-order chi connectivity index (χ1) is 38.4. The van der Waals surface area contributed by atoms with Crippen LogP contribution in [0.3, 0.4) is 0 Å². The number of ether oxygens (including phenoxy) is 1. The van der Waals surface area contributed by atoms with Gasteiger partial charge in [-0.2, -0.15) is 0 Å². The summed E-state index contributed by atoms with van der Waals surface area (Å²) in [5.74, 6) is -5.91. The number of benzene rings is 4. The smallest absolute Gasteiger partial charge is 0.307 e. The summed E-state index contributed by atoms with van der Waals surface area (Å²) in [7, 11) is 6.48. The molecule has 1 saturated carbocycles. The van der Waals surface area contributed by atoms with Crippen LogP contribution >= 0.6 is 68.8 Å². The molecule has 418 valence electrons. The normalized spacial score (nSPS) is 16.8. The Morgan fingerprint density at radius 1 is 0.562 bits per heavy atom. The fourth-order valence-corrected chi connectivity index (χ4v) is 12.4. The number of carbonyl (C=O) groups excluding carboxylic acids is 3. The van der Waals surface area contributed by atoms with Crippen LogP contribution in [0.15, 0.2) is 125 Å². The van der Waals surface area contributed by atoms with Crippen molar-refractivity contribution in [2.24, 2.45) is 29.6 Å². The van der Waals surface area contributed by atoms with Gasteiger partial charge in [0.05, 0.1) is 60.2 Å². The molecule has 1 fully saturated rings. The van der Waals surface area contributed by atoms with Crippen LogP contribution < -0.4 is 19.4 Å². The van der Waals surface area contributed by atoms with Crippen LogP contribution in [-0.2, 0) is 35.2 Å². The van der Waals surface area contributed by atoms with E-state index in [1.165, 1.54) is 48.7 Å². The molecule has 0 bridgehead atoms. The maximum absolute atomic E-state index is 13.1. The molecule has 22 heteroatoms. The van der Waals surface area contributed by atoms with E-state index in [0.717, 1.165) is 35.1 Å². The van der Waals surface area contributed by atoms with E-state index in [1.807, 2.05) is 95.0 Å². The second-order valence-electron chi connectivity index (χ2n) is 18.9. The van der Waals surface area contributed by atoms with Crippen molar-refractivity contribution >= 4 is 120 Å². The molecule has 9 rings (SSSR count). The quantitative estimate of drug-likeness (QED) is 0.0768. The predicted octanol–water partition coefficient (Wildman–Crippen LogP) is 13.2. The van der Waals surface area contributed by atoms with Crippen molar-refractivity contribution in [1.29, 1.82) is 0 Å². The van der Waals surface area contributed by atoms with E-state index >= 15 is 0 Å². The lowest BCUT2D eigenvalue weighted by Crippen LogP contribution is -2.40. The van der Waals surface area contributed by atoms with Crippen LogP contribution in [0.25, 0.3) is 33.8 Å². The number of amides is 3. The third kappa shape index (κ3) is 15.3. The Labute approximate surface area is 489 Å². The number of hydrogen-bond acceptors (Lipinski definition) is 13. The molecule has 80 heavy (non-hydrogen) atoms. The lowest BCUT2D eigenvalue weighted by atomic mass is 9.78. The van der Waals surface area contributed by atoms with Gasteiger partial charge in [-0.1, -0.05) is 127 Å². The Kier molecular flexibility index (Phi) is 21.5. The highest BCUT2D eigenvalue weighted by molar-refractivity contribution is 7.14. The number of aliphatic carboxylic acids is 3. The number of hydrogen-bond donors (Lipinski definition) is 3. The summed E-state index contributed by atoms with van der Waals surface area (Å²) >= 11 is 22.6. The van der Waals surface area contributed by atoms with Gasteiger partial charge in [0.1, 0.15) is 5.75 Å². The number of methoxy groups -OCH3 is 1. The average molecular weight is 1200 g/mol. The first-order valence-corrected chi connectivity index (χ1v) is 29.0. The molecule has 2 aliphatic rings. The van der Waals surface area contributed by atoms with Crippen molar-refractivity contribution in [1.82, 2.24) is 15.0 Å². The molecular weight excluding hydrogens is 1140 g/mol. The number of aromatic nitrogens is 3. The van der Waals surface area contributed by atoms with E-state index < -0.39 is 47.5 Å². The molecule has 0 aliphatic heterocycles. The molecule has 3 aromatic heterocycles. The summed E-state index contributed by atoms with van der Waals surface area (Å²) in [6.07, 6.45) is 7.46. The van der Waals surface area contributed by atoms with Gasteiger partial charge in [-0.3, -0.25) is 43.5 Å². The Bertz CT molecular complexity index is 3350. The standard InChI is InChI=1S/C22H21ClN2O4S.C18H19ClN2O3S.C18H17ClN2O3S/c1-25(22-24-19(13-30-22)17-5-3-4-6-18(17)23)21(28)15(12-20(26)27)11-14-7-9-16(29-2)10-8-14;2*1-21(16(22)11-6-2-3-7-12(11)17(23)24)18-20-15(10-25-18)13-8-4-5-9-14(13)19/h3-10,13,15H,11-12H2,1-2H3,(H,26,27);4-5,8-12H,2-3,6-7H2,1H3,(H,23,24);2-5,8-12H,6-7H2,1H3,(H,23,24)/t;2*11-,12+/m.00/s1. The molecule has 0 radical (unpaired) electrons. The maximum Gasteiger partial charge on any atom is 0.307 e. The SMILES string of the molecule is CN(C(=O)[C@H]1CC=CC[C@H]1C(=O)O)c1nc(-c2ccccc2Cl)cs1.CN(C(=O)[C@H]1CCCC[C@H]1C(=O)O)c1nc(-c2ccccc2Cl)cs1.COc1ccc(CC(CC(=O)O)C(=O)N(C)c2nc(-c3ccccc3Cl)cs2)cc1. The van der Waals surface area contributed by atoms with Crippen molar-refractivity contribution in [3.05, 3.63) is 146 Å². The first kappa shape index (κ1) is 60.6. The van der Waals surface area contributed by atoms with Gasteiger partial charge in [0, 0.05) is 69.0 Å². The van der Waals surface area contributed by atoms with E-state index in [4.69, 9.17) is 39.5 Å². The van der Waals surface area contributed by atoms with Gasteiger partial charge in [-0.15, -0.1) is 34.0 Å². The summed E-state index contributed by atoms with van der Waals surface area (Å²) < 4.78 is 5.14. The number of rotatable bonds is 16. The van der Waals surface area contributed by atoms with Crippen molar-refractivity contribution in [2.45, 2.75) is 51.4 Å². The van der Waals surface area contributed by atoms with Crippen molar-refractivity contribution in [2.75, 3.05) is 43.0 Å². The molecule has 3 amide bonds. The van der Waals surface area contributed by atoms with E-state index in [9.17, 15) is 44.1 Å². The second-order valence-corrected chi connectivity index (χ2v) is 22.6. The highest BCUT2D eigenvalue weighted by atomic mass is 35.5. The van der Waals surface area contributed by atoms with Crippen LogP contribution in [0.5, 0.6) is 5.75 Å². The van der Waals surface area contributed by atoms with Crippen LogP contribution in [0.1, 0.15) is 50.5 Å². The molecule has 0 spiro atoms. The van der Waals surface area contributed by atoms with E-state index in [0.29, 0.717) is 85.4 Å². The largest absolute Gasteiger partial charge is 0.497 e. The lowest BCUT2D eigenvalue weighted by molar-refractivity contribution is -0.148. The van der Waals surface area contributed by atoms with Gasteiger partial charge >= 0.3 is 17.9 Å². The topological polar surface area (TPSA) is 221 Å². The van der Waals surface area contributed by atoms with Gasteiger partial charge in [0.2, 0.25) is 17.7 Å². The maximum atomic E-state index is 13.1.